The van der Waals surface area contributed by atoms with Crippen LogP contribution in [0.2, 0.25) is 0 Å². The van der Waals surface area contributed by atoms with Gasteiger partial charge in [0.25, 0.3) is 0 Å². The molecule has 1 aliphatic heterocycles. The van der Waals surface area contributed by atoms with Gasteiger partial charge in [-0.15, -0.1) is 0 Å². The molecule has 7 nitrogen and oxygen atoms in total. The average molecular weight is 418 g/mol. The Morgan fingerprint density at radius 2 is 1.97 bits per heavy atom. The Labute approximate surface area is 179 Å². The molecule has 1 saturated heterocycles. The number of rotatable bonds is 3. The molecule has 3 heterocycles. The van der Waals surface area contributed by atoms with E-state index < -0.39 is 17.7 Å². The number of hydrogen-bond donors (Lipinski definition) is 1. The molecular weight excluding hydrogens is 395 g/mol. The first-order valence-electron chi connectivity index (χ1n) is 10.8. The molecule has 8 heteroatoms. The van der Waals surface area contributed by atoms with Gasteiger partial charge < -0.3 is 10.0 Å². The Morgan fingerprint density at radius 3 is 2.71 bits per heavy atom. The number of hydrogen-bond acceptors (Lipinski definition) is 6. The Morgan fingerprint density at radius 1 is 1.16 bits per heavy atom. The minimum Gasteiger partial charge on any atom is -0.390 e. The van der Waals surface area contributed by atoms with E-state index in [1.807, 2.05) is 11.0 Å². The third-order valence-electron chi connectivity index (χ3n) is 7.33. The lowest BCUT2D eigenvalue weighted by Crippen LogP contribution is -2.45. The van der Waals surface area contributed by atoms with Crippen LogP contribution in [0, 0.1) is 16.7 Å². The zero-order valence-electron chi connectivity index (χ0n) is 17.1. The molecule has 1 spiro atoms. The van der Waals surface area contributed by atoms with Crippen molar-refractivity contribution < 1.29 is 9.50 Å². The van der Waals surface area contributed by atoms with Crippen LogP contribution in [0.5, 0.6) is 0 Å². The van der Waals surface area contributed by atoms with Crippen LogP contribution in [-0.2, 0) is 5.41 Å². The van der Waals surface area contributed by atoms with Gasteiger partial charge in [-0.3, -0.25) is 0 Å². The molecule has 0 radical (unpaired) electrons. The van der Waals surface area contributed by atoms with E-state index in [0.29, 0.717) is 30.0 Å². The zero-order chi connectivity index (χ0) is 21.2. The van der Waals surface area contributed by atoms with Gasteiger partial charge in [-0.2, -0.15) is 10.4 Å². The first-order chi connectivity index (χ1) is 15.0. The highest BCUT2D eigenvalue weighted by Gasteiger charge is 2.61. The van der Waals surface area contributed by atoms with Crippen LogP contribution in [0.25, 0.3) is 16.7 Å². The largest absolute Gasteiger partial charge is 0.390 e. The summed E-state index contributed by atoms with van der Waals surface area (Å²) in [6.45, 7) is 0.641. The summed E-state index contributed by atoms with van der Waals surface area (Å²) >= 11 is 0. The van der Waals surface area contributed by atoms with Crippen LogP contribution in [-0.4, -0.2) is 50.2 Å². The fourth-order valence-electron chi connectivity index (χ4n) is 5.33. The number of anilines is 1. The molecule has 2 aromatic heterocycles. The van der Waals surface area contributed by atoms with Crippen molar-refractivity contribution >= 4 is 16.7 Å². The summed E-state index contributed by atoms with van der Waals surface area (Å²) in [7, 11) is 0. The summed E-state index contributed by atoms with van der Waals surface area (Å²) in [4.78, 5) is 10.5. The van der Waals surface area contributed by atoms with Crippen LogP contribution in [0.4, 0.5) is 10.2 Å². The fraction of sp³-hybridized carbons (Fsp3) is 0.478. The molecule has 0 amide bonds. The number of nitrogens with zero attached hydrogens (tertiary/aromatic N) is 6. The summed E-state index contributed by atoms with van der Waals surface area (Å²) in [6.07, 6.45) is 5.78. The monoisotopic (exact) mass is 418 g/mol. The van der Waals surface area contributed by atoms with E-state index >= 15 is 0 Å². The average Bonchev–Trinajstić information content (AvgIpc) is 3.45. The molecule has 3 fully saturated rings. The number of fused-ring (bicyclic) bond motifs is 1. The van der Waals surface area contributed by atoms with Gasteiger partial charge in [0.2, 0.25) is 0 Å². The van der Waals surface area contributed by atoms with Crippen LogP contribution in [0.15, 0.2) is 36.8 Å². The molecule has 3 aliphatic rings. The Hall–Kier alpha value is -3.05. The van der Waals surface area contributed by atoms with Crippen molar-refractivity contribution in [3.63, 3.8) is 0 Å². The van der Waals surface area contributed by atoms with Gasteiger partial charge >= 0.3 is 0 Å². The highest BCUT2D eigenvalue weighted by atomic mass is 19.1. The van der Waals surface area contributed by atoms with E-state index in [4.69, 9.17) is 0 Å². The van der Waals surface area contributed by atoms with Crippen LogP contribution in [0.1, 0.15) is 37.7 Å². The maximum atomic E-state index is 14.0. The number of nitriles is 1. The number of alkyl halides is 1. The van der Waals surface area contributed by atoms with Crippen molar-refractivity contribution in [2.24, 2.45) is 5.41 Å². The number of halogens is 1. The van der Waals surface area contributed by atoms with Crippen molar-refractivity contribution in [1.82, 2.24) is 19.7 Å². The van der Waals surface area contributed by atoms with Gasteiger partial charge in [0.1, 0.15) is 18.3 Å². The maximum Gasteiger partial charge on any atom is 0.159 e. The van der Waals surface area contributed by atoms with Crippen molar-refractivity contribution in [3.05, 3.63) is 42.4 Å². The molecule has 2 saturated carbocycles. The van der Waals surface area contributed by atoms with E-state index in [1.54, 1.807) is 16.9 Å². The predicted octanol–water partition coefficient (Wildman–Crippen LogP) is 3.06. The number of aliphatic hydroxyl groups is 1. The number of aromatic nitrogens is 4. The smallest absolute Gasteiger partial charge is 0.159 e. The lowest BCUT2D eigenvalue weighted by atomic mass is 9.57. The molecule has 158 valence electrons. The predicted molar refractivity (Wildman–Crippen MR) is 113 cm³/mol. The SMILES string of the molecule is N#CC1(c2ccc3cnn(-c4cc(N5CC[C@H](O)[C@@H](F)C5)ncn4)c3c2)CC2(CC2)C1. The fourth-order valence-corrected chi connectivity index (χ4v) is 5.33. The standard InChI is InChI=1S/C23H23FN6O/c24-17-10-29(6-3-19(17)31)20-8-21(27-14-26-20)30-18-7-16(2-1-15(18)9-28-30)23(13-25)11-22(12-23)4-5-22/h1-2,7-9,14,17,19,31H,3-6,10-12H2/t17-,19-/m0/s1. The van der Waals surface area contributed by atoms with E-state index in [2.05, 4.69) is 33.3 Å². The third kappa shape index (κ3) is 2.91. The molecule has 31 heavy (non-hydrogen) atoms. The minimum absolute atomic E-state index is 0.105. The molecule has 2 atom stereocenters. The van der Waals surface area contributed by atoms with Crippen molar-refractivity contribution in [2.45, 2.75) is 49.8 Å². The lowest BCUT2D eigenvalue weighted by Gasteiger charge is -2.44. The van der Waals surface area contributed by atoms with Crippen LogP contribution < -0.4 is 4.90 Å². The number of piperidine rings is 1. The van der Waals surface area contributed by atoms with E-state index in [9.17, 15) is 14.8 Å². The maximum absolute atomic E-state index is 14.0. The second-order valence-electron chi connectivity index (χ2n) is 9.43. The Bertz CT molecular complexity index is 1200. The van der Waals surface area contributed by atoms with Gasteiger partial charge in [-0.05, 0) is 49.1 Å². The van der Waals surface area contributed by atoms with Crippen LogP contribution in [0.3, 0.4) is 0 Å². The zero-order valence-corrected chi connectivity index (χ0v) is 17.1. The molecule has 1 aromatic carbocycles. The molecule has 1 N–H and O–H groups in total. The number of aliphatic hydroxyl groups excluding tert-OH is 1. The summed E-state index contributed by atoms with van der Waals surface area (Å²) in [5, 5.41) is 25.1. The first kappa shape index (κ1) is 18.7. The molecular formula is C23H23FN6O. The second-order valence-corrected chi connectivity index (χ2v) is 9.43. The Balaban J connectivity index is 1.35. The summed E-state index contributed by atoms with van der Waals surface area (Å²) in [5.74, 6) is 1.21. The van der Waals surface area contributed by atoms with Crippen molar-refractivity contribution in [3.8, 4) is 11.9 Å². The van der Waals surface area contributed by atoms with E-state index in [0.717, 1.165) is 29.3 Å². The van der Waals surface area contributed by atoms with Gasteiger partial charge in [-0.25, -0.2) is 19.0 Å². The van der Waals surface area contributed by atoms with Crippen molar-refractivity contribution in [2.75, 3.05) is 18.0 Å². The van der Waals surface area contributed by atoms with Crippen molar-refractivity contribution in [1.29, 1.82) is 5.26 Å². The van der Waals surface area contributed by atoms with E-state index in [-0.39, 0.29) is 6.54 Å². The lowest BCUT2D eigenvalue weighted by molar-refractivity contribution is 0.0613. The molecule has 0 unspecified atom stereocenters. The highest BCUT2D eigenvalue weighted by Crippen LogP contribution is 2.68. The second kappa shape index (κ2) is 6.47. The third-order valence-corrected chi connectivity index (χ3v) is 7.33. The van der Waals surface area contributed by atoms with E-state index in [1.165, 1.54) is 19.2 Å². The topological polar surface area (TPSA) is 90.9 Å². The molecule has 2 aliphatic carbocycles. The normalized spacial score (nSPS) is 25.9. The first-order valence-corrected chi connectivity index (χ1v) is 10.8. The quantitative estimate of drug-likeness (QED) is 0.703. The molecule has 6 rings (SSSR count). The minimum atomic E-state index is -1.29. The Kier molecular flexibility index (Phi) is 3.90. The molecule has 0 bridgehead atoms. The van der Waals surface area contributed by atoms with Gasteiger partial charge in [0.05, 0.1) is 35.8 Å². The number of benzene rings is 1. The summed E-state index contributed by atoms with van der Waals surface area (Å²) < 4.78 is 15.8. The van der Waals surface area contributed by atoms with Gasteiger partial charge in [-0.1, -0.05) is 12.1 Å². The van der Waals surface area contributed by atoms with Crippen LogP contribution >= 0.6 is 0 Å². The summed E-state index contributed by atoms with van der Waals surface area (Å²) in [6, 6.07) is 10.5. The molecule has 3 aromatic rings. The van der Waals surface area contributed by atoms with Gasteiger partial charge in [0.15, 0.2) is 5.82 Å². The summed E-state index contributed by atoms with van der Waals surface area (Å²) in [5.41, 5.74) is 1.96. The highest BCUT2D eigenvalue weighted by molar-refractivity contribution is 5.81. The van der Waals surface area contributed by atoms with Gasteiger partial charge in [0, 0.05) is 18.0 Å².